The molecular formula is C12H15FN2. The van der Waals surface area contributed by atoms with Crippen LogP contribution in [0.25, 0.3) is 10.9 Å². The smallest absolute Gasteiger partial charge is 0.0974 e. The summed E-state index contributed by atoms with van der Waals surface area (Å²) in [6, 6.07) is 8.08. The molecule has 0 amide bonds. The molecule has 0 aliphatic heterocycles. The molecule has 0 fully saturated rings. The maximum Gasteiger partial charge on any atom is 0.0974 e. The van der Waals surface area contributed by atoms with E-state index in [4.69, 9.17) is 0 Å². The SMILES string of the molecule is CC(F)CCCn1ncc2ccccc21. The number of aryl methyl sites for hydroxylation is 1. The Hall–Kier alpha value is -1.38. The Morgan fingerprint density at radius 1 is 1.40 bits per heavy atom. The minimum Gasteiger partial charge on any atom is -0.265 e. The molecule has 1 heterocycles. The van der Waals surface area contributed by atoms with Gasteiger partial charge in [0.05, 0.1) is 17.9 Å². The van der Waals surface area contributed by atoms with Gasteiger partial charge in [0.1, 0.15) is 0 Å². The van der Waals surface area contributed by atoms with E-state index >= 15 is 0 Å². The molecule has 0 bridgehead atoms. The van der Waals surface area contributed by atoms with Crippen LogP contribution < -0.4 is 0 Å². The van der Waals surface area contributed by atoms with Gasteiger partial charge in [0.15, 0.2) is 0 Å². The van der Waals surface area contributed by atoms with Gasteiger partial charge in [-0.2, -0.15) is 5.10 Å². The summed E-state index contributed by atoms with van der Waals surface area (Å²) in [4.78, 5) is 0. The third-order valence-electron chi connectivity index (χ3n) is 2.52. The normalized spacial score (nSPS) is 13.2. The van der Waals surface area contributed by atoms with Crippen LogP contribution in [0.1, 0.15) is 19.8 Å². The van der Waals surface area contributed by atoms with E-state index < -0.39 is 6.17 Å². The first kappa shape index (κ1) is 10.1. The minimum atomic E-state index is -0.716. The van der Waals surface area contributed by atoms with Crippen molar-refractivity contribution in [1.82, 2.24) is 9.78 Å². The molecule has 1 aromatic heterocycles. The van der Waals surface area contributed by atoms with Crippen LogP contribution in [0.4, 0.5) is 4.39 Å². The maximum atomic E-state index is 12.6. The van der Waals surface area contributed by atoms with Crippen LogP contribution in [0, 0.1) is 0 Å². The molecule has 0 N–H and O–H groups in total. The van der Waals surface area contributed by atoms with Gasteiger partial charge in [0.25, 0.3) is 0 Å². The van der Waals surface area contributed by atoms with Gasteiger partial charge in [-0.15, -0.1) is 0 Å². The molecule has 0 aliphatic rings. The lowest BCUT2D eigenvalue weighted by Crippen LogP contribution is -2.02. The molecule has 1 unspecified atom stereocenters. The van der Waals surface area contributed by atoms with Crippen molar-refractivity contribution in [2.24, 2.45) is 0 Å². The van der Waals surface area contributed by atoms with Crippen molar-refractivity contribution in [1.29, 1.82) is 0 Å². The van der Waals surface area contributed by atoms with Gasteiger partial charge in [-0.1, -0.05) is 18.2 Å². The van der Waals surface area contributed by atoms with Crippen LogP contribution in [0.2, 0.25) is 0 Å². The lowest BCUT2D eigenvalue weighted by molar-refractivity contribution is 0.326. The number of benzene rings is 1. The van der Waals surface area contributed by atoms with Gasteiger partial charge in [0.2, 0.25) is 0 Å². The Kier molecular flexibility index (Phi) is 2.99. The zero-order valence-corrected chi connectivity index (χ0v) is 8.86. The second-order valence-corrected chi connectivity index (χ2v) is 3.85. The van der Waals surface area contributed by atoms with Crippen molar-refractivity contribution in [3.63, 3.8) is 0 Å². The van der Waals surface area contributed by atoms with E-state index in [1.165, 1.54) is 0 Å². The van der Waals surface area contributed by atoms with Crippen molar-refractivity contribution in [3.8, 4) is 0 Å². The number of para-hydroxylation sites is 1. The second kappa shape index (κ2) is 4.43. The number of rotatable bonds is 4. The molecule has 0 saturated carbocycles. The van der Waals surface area contributed by atoms with E-state index in [2.05, 4.69) is 5.10 Å². The maximum absolute atomic E-state index is 12.6. The highest BCUT2D eigenvalue weighted by Gasteiger charge is 2.02. The van der Waals surface area contributed by atoms with Crippen molar-refractivity contribution < 1.29 is 4.39 Å². The molecule has 80 valence electrons. The Labute approximate surface area is 88.7 Å². The van der Waals surface area contributed by atoms with E-state index in [1.54, 1.807) is 6.92 Å². The predicted octanol–water partition coefficient (Wildman–Crippen LogP) is 3.17. The summed E-state index contributed by atoms with van der Waals surface area (Å²) >= 11 is 0. The molecule has 15 heavy (non-hydrogen) atoms. The number of aromatic nitrogens is 2. The van der Waals surface area contributed by atoms with E-state index in [1.807, 2.05) is 35.1 Å². The van der Waals surface area contributed by atoms with E-state index in [0.717, 1.165) is 23.9 Å². The number of hydrogen-bond donors (Lipinski definition) is 0. The summed E-state index contributed by atoms with van der Waals surface area (Å²) < 4.78 is 14.6. The van der Waals surface area contributed by atoms with Gasteiger partial charge >= 0.3 is 0 Å². The molecule has 0 radical (unpaired) electrons. The Morgan fingerprint density at radius 3 is 3.00 bits per heavy atom. The van der Waals surface area contributed by atoms with Crippen LogP contribution in [0.5, 0.6) is 0 Å². The van der Waals surface area contributed by atoms with Crippen LogP contribution in [0.3, 0.4) is 0 Å². The first-order chi connectivity index (χ1) is 7.27. The van der Waals surface area contributed by atoms with E-state index in [0.29, 0.717) is 6.42 Å². The third-order valence-corrected chi connectivity index (χ3v) is 2.52. The molecule has 0 aliphatic carbocycles. The summed E-state index contributed by atoms with van der Waals surface area (Å²) in [5.41, 5.74) is 1.13. The molecule has 0 saturated heterocycles. The van der Waals surface area contributed by atoms with Crippen molar-refractivity contribution in [2.75, 3.05) is 0 Å². The van der Waals surface area contributed by atoms with Crippen molar-refractivity contribution in [2.45, 2.75) is 32.5 Å². The van der Waals surface area contributed by atoms with E-state index in [9.17, 15) is 4.39 Å². The van der Waals surface area contributed by atoms with Gasteiger partial charge in [-0.3, -0.25) is 4.68 Å². The predicted molar refractivity (Wildman–Crippen MR) is 59.5 cm³/mol. The molecule has 2 rings (SSSR count). The number of alkyl halides is 1. The Bertz CT molecular complexity index is 434. The largest absolute Gasteiger partial charge is 0.265 e. The number of halogens is 1. The van der Waals surface area contributed by atoms with Crippen LogP contribution in [-0.4, -0.2) is 16.0 Å². The van der Waals surface area contributed by atoms with Crippen molar-refractivity contribution in [3.05, 3.63) is 30.5 Å². The fourth-order valence-corrected chi connectivity index (χ4v) is 1.73. The highest BCUT2D eigenvalue weighted by atomic mass is 19.1. The average Bonchev–Trinajstić information content (AvgIpc) is 2.62. The molecule has 2 nitrogen and oxygen atoms in total. The number of nitrogens with zero attached hydrogens (tertiary/aromatic N) is 2. The summed E-state index contributed by atoms with van der Waals surface area (Å²) in [6.45, 7) is 2.39. The zero-order valence-electron chi connectivity index (χ0n) is 8.86. The lowest BCUT2D eigenvalue weighted by Gasteiger charge is -2.04. The number of hydrogen-bond acceptors (Lipinski definition) is 1. The highest BCUT2D eigenvalue weighted by Crippen LogP contribution is 2.13. The van der Waals surface area contributed by atoms with Crippen LogP contribution in [0.15, 0.2) is 30.5 Å². The second-order valence-electron chi connectivity index (χ2n) is 3.85. The Balaban J connectivity index is 2.08. The van der Waals surface area contributed by atoms with Gasteiger partial charge in [-0.05, 0) is 25.8 Å². The van der Waals surface area contributed by atoms with Crippen LogP contribution >= 0.6 is 0 Å². The molecular weight excluding hydrogens is 191 g/mol. The van der Waals surface area contributed by atoms with Gasteiger partial charge in [-0.25, -0.2) is 4.39 Å². The molecule has 2 aromatic rings. The van der Waals surface area contributed by atoms with Gasteiger partial charge < -0.3 is 0 Å². The minimum absolute atomic E-state index is 0.605. The quantitative estimate of drug-likeness (QED) is 0.751. The first-order valence-corrected chi connectivity index (χ1v) is 5.32. The zero-order chi connectivity index (χ0) is 10.7. The highest BCUT2D eigenvalue weighted by molar-refractivity contribution is 5.78. The summed E-state index contributed by atoms with van der Waals surface area (Å²) in [5, 5.41) is 5.43. The summed E-state index contributed by atoms with van der Waals surface area (Å²) in [7, 11) is 0. The topological polar surface area (TPSA) is 17.8 Å². The fraction of sp³-hybridized carbons (Fsp3) is 0.417. The van der Waals surface area contributed by atoms with Crippen molar-refractivity contribution >= 4 is 10.9 Å². The molecule has 3 heteroatoms. The summed E-state index contributed by atoms with van der Waals surface area (Å²) in [6.07, 6.45) is 2.58. The molecule has 0 spiro atoms. The van der Waals surface area contributed by atoms with Crippen LogP contribution in [-0.2, 0) is 6.54 Å². The Morgan fingerprint density at radius 2 is 2.20 bits per heavy atom. The fourth-order valence-electron chi connectivity index (χ4n) is 1.73. The monoisotopic (exact) mass is 206 g/mol. The molecule has 1 aromatic carbocycles. The third kappa shape index (κ3) is 2.35. The van der Waals surface area contributed by atoms with E-state index in [-0.39, 0.29) is 0 Å². The molecule has 1 atom stereocenters. The average molecular weight is 206 g/mol. The lowest BCUT2D eigenvalue weighted by atomic mass is 10.2. The van der Waals surface area contributed by atoms with Gasteiger partial charge in [0, 0.05) is 11.9 Å². The number of fused-ring (bicyclic) bond motifs is 1. The standard InChI is InChI=1S/C12H15FN2/c1-10(13)5-4-8-15-12-7-3-2-6-11(12)9-14-15/h2-3,6-7,9-10H,4-5,8H2,1H3. The first-order valence-electron chi connectivity index (χ1n) is 5.32. The summed E-state index contributed by atoms with van der Waals surface area (Å²) in [5.74, 6) is 0.